The summed E-state index contributed by atoms with van der Waals surface area (Å²) >= 11 is 1.39. The van der Waals surface area contributed by atoms with Gasteiger partial charge in [0.15, 0.2) is 0 Å². The van der Waals surface area contributed by atoms with Crippen molar-refractivity contribution in [3.8, 4) is 0 Å². The van der Waals surface area contributed by atoms with Gasteiger partial charge in [0.2, 0.25) is 0 Å². The summed E-state index contributed by atoms with van der Waals surface area (Å²) in [5, 5.41) is 0. The highest BCUT2D eigenvalue weighted by molar-refractivity contribution is 7.98. The van der Waals surface area contributed by atoms with E-state index in [1.54, 1.807) is 17.3 Å². The lowest BCUT2D eigenvalue weighted by molar-refractivity contribution is 0.0176. The molecule has 1 aromatic carbocycles. The molecule has 0 aromatic heterocycles. The summed E-state index contributed by atoms with van der Waals surface area (Å²) in [6, 6.07) is 2.32. The zero-order valence-corrected chi connectivity index (χ0v) is 13.5. The molecule has 2 N–H and O–H groups in total. The summed E-state index contributed by atoms with van der Waals surface area (Å²) in [6.45, 7) is 7.24. The van der Waals surface area contributed by atoms with Gasteiger partial charge in [-0.25, -0.2) is 17.5 Å². The Balaban J connectivity index is 2.37. The summed E-state index contributed by atoms with van der Waals surface area (Å²) in [5.41, 5.74) is 7.11. The molecule has 0 radical (unpaired) electrons. The minimum atomic E-state index is -2.75. The Labute approximate surface area is 128 Å². The number of rotatable bonds is 2. The lowest BCUT2D eigenvalue weighted by Crippen LogP contribution is -2.26. The Morgan fingerprint density at radius 2 is 1.95 bits per heavy atom. The highest BCUT2D eigenvalue weighted by atomic mass is 32.2. The van der Waals surface area contributed by atoms with Crippen LogP contribution in [0.5, 0.6) is 0 Å². The molecular weight excluding hydrogens is 297 g/mol. The van der Waals surface area contributed by atoms with Crippen molar-refractivity contribution >= 4 is 17.6 Å². The highest BCUT2D eigenvalue weighted by Gasteiger charge is 2.47. The Morgan fingerprint density at radius 1 is 1.33 bits per heavy atom. The van der Waals surface area contributed by atoms with Gasteiger partial charge >= 0.3 is 0 Å². The van der Waals surface area contributed by atoms with Crippen molar-refractivity contribution in [2.45, 2.75) is 50.8 Å². The lowest BCUT2D eigenvalue weighted by atomic mass is 10.00. The quantitative estimate of drug-likeness (QED) is 0.641. The number of anilines is 1. The minimum Gasteiger partial charge on any atom is -0.398 e. The van der Waals surface area contributed by atoms with E-state index in [1.165, 1.54) is 18.0 Å². The second-order valence-electron chi connectivity index (χ2n) is 6.59. The fourth-order valence-corrected chi connectivity index (χ4v) is 3.78. The molecule has 2 rings (SSSR count). The van der Waals surface area contributed by atoms with Crippen molar-refractivity contribution in [1.82, 2.24) is 4.31 Å². The molecule has 1 fully saturated rings. The van der Waals surface area contributed by atoms with Crippen LogP contribution >= 0.6 is 11.9 Å². The van der Waals surface area contributed by atoms with Crippen LogP contribution in [0, 0.1) is 12.7 Å². The van der Waals surface area contributed by atoms with Crippen LogP contribution in [0.4, 0.5) is 18.9 Å². The maximum atomic E-state index is 13.8. The average Bonchev–Trinajstić information content (AvgIpc) is 2.56. The minimum absolute atomic E-state index is 0.178. The predicted octanol–water partition coefficient (Wildman–Crippen LogP) is 4.55. The van der Waals surface area contributed by atoms with Gasteiger partial charge in [0.25, 0.3) is 5.92 Å². The number of benzene rings is 1. The lowest BCUT2D eigenvalue weighted by Gasteiger charge is -2.30. The van der Waals surface area contributed by atoms with Gasteiger partial charge in [-0.1, -0.05) is 11.9 Å². The van der Waals surface area contributed by atoms with Crippen molar-refractivity contribution in [2.24, 2.45) is 0 Å². The maximum absolute atomic E-state index is 13.8. The molecule has 1 saturated heterocycles. The summed E-state index contributed by atoms with van der Waals surface area (Å²) in [7, 11) is 0. The van der Waals surface area contributed by atoms with E-state index in [0.717, 1.165) is 0 Å². The first kappa shape index (κ1) is 16.5. The van der Waals surface area contributed by atoms with E-state index in [0.29, 0.717) is 11.1 Å². The van der Waals surface area contributed by atoms with Crippen LogP contribution in [0.1, 0.15) is 44.4 Å². The fourth-order valence-electron chi connectivity index (χ4n) is 2.51. The number of nitrogens with zero attached hydrogens (tertiary/aromatic N) is 1. The van der Waals surface area contributed by atoms with Crippen LogP contribution in [0.2, 0.25) is 0 Å². The summed E-state index contributed by atoms with van der Waals surface area (Å²) in [6.07, 6.45) is -0.286. The molecule has 0 amide bonds. The molecule has 6 heteroatoms. The van der Waals surface area contributed by atoms with Crippen LogP contribution < -0.4 is 5.73 Å². The van der Waals surface area contributed by atoms with E-state index >= 15 is 0 Å². The largest absolute Gasteiger partial charge is 0.398 e. The number of alkyl halides is 2. The first-order valence-corrected chi connectivity index (χ1v) is 7.65. The molecule has 0 saturated carbocycles. The molecule has 2 nitrogen and oxygen atoms in total. The highest BCUT2D eigenvalue weighted by Crippen LogP contribution is 2.48. The van der Waals surface area contributed by atoms with Crippen molar-refractivity contribution in [1.29, 1.82) is 0 Å². The van der Waals surface area contributed by atoms with Crippen molar-refractivity contribution in [3.05, 3.63) is 29.1 Å². The molecule has 21 heavy (non-hydrogen) atoms. The molecule has 1 unspecified atom stereocenters. The Kier molecular flexibility index (Phi) is 4.23. The fraction of sp³-hybridized carbons (Fsp3) is 0.600. The standard InChI is InChI=1S/C15H21F3N2S/c1-9-5-10(12(19)6-11(9)16)13-7-15(17,18)8-20(13)21-14(2,3)4/h5-6,13H,7-8,19H2,1-4H3. The van der Waals surface area contributed by atoms with Gasteiger partial charge in [-0.15, -0.1) is 0 Å². The van der Waals surface area contributed by atoms with Crippen molar-refractivity contribution in [3.63, 3.8) is 0 Å². The molecule has 1 aliphatic rings. The summed E-state index contributed by atoms with van der Waals surface area (Å²) in [4.78, 5) is 0. The van der Waals surface area contributed by atoms with E-state index in [1.807, 2.05) is 20.8 Å². The molecular formula is C15H21F3N2S. The van der Waals surface area contributed by atoms with Crippen LogP contribution in [0.15, 0.2) is 12.1 Å². The van der Waals surface area contributed by atoms with Gasteiger partial charge in [0.05, 0.1) is 12.6 Å². The number of nitrogens with two attached hydrogens (primary N) is 1. The predicted molar refractivity (Wildman–Crippen MR) is 81.9 cm³/mol. The van der Waals surface area contributed by atoms with Crippen LogP contribution in [0.25, 0.3) is 0 Å². The third-order valence-electron chi connectivity index (χ3n) is 3.34. The number of aryl methyl sites for hydroxylation is 1. The van der Waals surface area contributed by atoms with Gasteiger partial charge in [0.1, 0.15) is 5.82 Å². The van der Waals surface area contributed by atoms with E-state index in [4.69, 9.17) is 5.73 Å². The molecule has 0 bridgehead atoms. The Hall–Kier alpha value is -0.880. The third kappa shape index (κ3) is 3.86. The summed E-state index contributed by atoms with van der Waals surface area (Å²) < 4.78 is 42.7. The van der Waals surface area contributed by atoms with Crippen LogP contribution in [-0.4, -0.2) is 21.5 Å². The second kappa shape index (κ2) is 5.39. The number of nitrogen functional groups attached to an aromatic ring is 1. The van der Waals surface area contributed by atoms with Gasteiger partial charge in [-0.2, -0.15) is 0 Å². The topological polar surface area (TPSA) is 29.3 Å². The molecule has 1 atom stereocenters. The Morgan fingerprint density at radius 3 is 2.52 bits per heavy atom. The Bertz CT molecular complexity index is 540. The molecule has 118 valence electrons. The zero-order chi connectivity index (χ0) is 16.0. The zero-order valence-electron chi connectivity index (χ0n) is 12.7. The first-order chi connectivity index (χ1) is 9.48. The van der Waals surface area contributed by atoms with Crippen molar-refractivity contribution < 1.29 is 13.2 Å². The molecule has 1 aliphatic heterocycles. The van der Waals surface area contributed by atoms with Gasteiger partial charge in [-0.3, -0.25) is 0 Å². The normalized spacial score (nSPS) is 22.7. The smallest absolute Gasteiger partial charge is 0.263 e. The first-order valence-electron chi connectivity index (χ1n) is 6.88. The van der Waals surface area contributed by atoms with E-state index in [9.17, 15) is 13.2 Å². The van der Waals surface area contributed by atoms with Gasteiger partial charge < -0.3 is 5.73 Å². The molecule has 0 spiro atoms. The van der Waals surface area contributed by atoms with Gasteiger partial charge in [0, 0.05) is 16.9 Å². The van der Waals surface area contributed by atoms with E-state index < -0.39 is 17.8 Å². The molecule has 1 aromatic rings. The van der Waals surface area contributed by atoms with E-state index in [-0.39, 0.29) is 23.4 Å². The average molecular weight is 318 g/mol. The van der Waals surface area contributed by atoms with Crippen molar-refractivity contribution in [2.75, 3.05) is 12.3 Å². The second-order valence-corrected chi connectivity index (χ2v) is 8.46. The monoisotopic (exact) mass is 318 g/mol. The summed E-state index contributed by atoms with van der Waals surface area (Å²) in [5.74, 6) is -3.16. The molecule has 1 heterocycles. The van der Waals surface area contributed by atoms with Gasteiger partial charge in [-0.05, 0) is 51.0 Å². The van der Waals surface area contributed by atoms with E-state index in [2.05, 4.69) is 0 Å². The maximum Gasteiger partial charge on any atom is 0.263 e. The SMILES string of the molecule is Cc1cc(C2CC(F)(F)CN2SC(C)(C)C)c(N)cc1F. The number of hydrogen-bond donors (Lipinski definition) is 1. The molecule has 0 aliphatic carbocycles. The number of hydrogen-bond acceptors (Lipinski definition) is 3. The third-order valence-corrected chi connectivity index (χ3v) is 4.51. The van der Waals surface area contributed by atoms with Crippen LogP contribution in [-0.2, 0) is 0 Å². The van der Waals surface area contributed by atoms with Crippen LogP contribution in [0.3, 0.4) is 0 Å². The number of halogens is 3.